The summed E-state index contributed by atoms with van der Waals surface area (Å²) in [5.41, 5.74) is 5.56. The summed E-state index contributed by atoms with van der Waals surface area (Å²) in [6.07, 6.45) is 4.78. The molecule has 0 aliphatic rings. The molecule has 2 rings (SSSR count). The van der Waals surface area contributed by atoms with Crippen LogP contribution in [0.3, 0.4) is 0 Å². The Bertz CT molecular complexity index is 917. The zero-order chi connectivity index (χ0) is 23.9. The fraction of sp³-hybridized carbons (Fsp3) is 0.464. The highest BCUT2D eigenvalue weighted by Crippen LogP contribution is 2.32. The summed E-state index contributed by atoms with van der Waals surface area (Å²) in [7, 11) is 0. The number of hydrogen-bond acceptors (Lipinski definition) is 4. The minimum atomic E-state index is -0.538. The van der Waals surface area contributed by atoms with Crippen molar-refractivity contribution in [3.8, 4) is 0 Å². The maximum Gasteiger partial charge on any atom is 0.338 e. The van der Waals surface area contributed by atoms with Gasteiger partial charge in [0.05, 0.1) is 16.9 Å². The molecule has 0 spiro atoms. The van der Waals surface area contributed by atoms with Gasteiger partial charge in [0.1, 0.15) is 5.60 Å². The first-order valence-electron chi connectivity index (χ1n) is 11.6. The van der Waals surface area contributed by atoms with Crippen LogP contribution in [0.5, 0.6) is 0 Å². The van der Waals surface area contributed by atoms with E-state index in [0.29, 0.717) is 12.1 Å². The molecule has 0 bridgehead atoms. The molecule has 0 radical (unpaired) electrons. The van der Waals surface area contributed by atoms with E-state index >= 15 is 0 Å². The maximum atomic E-state index is 12.7. The van der Waals surface area contributed by atoms with E-state index in [2.05, 4.69) is 63.1 Å². The second kappa shape index (κ2) is 10.7. The molecule has 0 fully saturated rings. The van der Waals surface area contributed by atoms with Gasteiger partial charge in [0.25, 0.3) is 0 Å². The Morgan fingerprint density at radius 2 is 1.66 bits per heavy atom. The monoisotopic (exact) mass is 436 g/mol. The first kappa shape index (κ1) is 25.5. The number of ether oxygens (including phenoxy) is 1. The van der Waals surface area contributed by atoms with E-state index < -0.39 is 5.60 Å². The molecule has 2 aromatic rings. The molecule has 0 atom stereocenters. The first-order chi connectivity index (χ1) is 15.0. The SMILES string of the molecule is C=CCC(CC)(CC)Nc1ccc(C(=O)OC(C)(C)C)cc1NCc1c(C)cccc1C. The van der Waals surface area contributed by atoms with Crippen molar-refractivity contribution >= 4 is 17.3 Å². The van der Waals surface area contributed by atoms with Gasteiger partial charge in [-0.05, 0) is 88.8 Å². The lowest BCUT2D eigenvalue weighted by Crippen LogP contribution is -2.36. The predicted octanol–water partition coefficient (Wildman–Crippen LogP) is 7.42. The average molecular weight is 437 g/mol. The van der Waals surface area contributed by atoms with E-state index in [1.807, 2.05) is 45.0 Å². The van der Waals surface area contributed by atoms with Gasteiger partial charge >= 0.3 is 5.97 Å². The summed E-state index contributed by atoms with van der Waals surface area (Å²) in [5, 5.41) is 7.34. The summed E-state index contributed by atoms with van der Waals surface area (Å²) in [6, 6.07) is 12.1. The molecule has 0 saturated carbocycles. The third-order valence-electron chi connectivity index (χ3n) is 6.04. The lowest BCUT2D eigenvalue weighted by Gasteiger charge is -2.34. The van der Waals surface area contributed by atoms with Crippen molar-refractivity contribution in [3.05, 3.63) is 71.3 Å². The Balaban J connectivity index is 2.43. The van der Waals surface area contributed by atoms with E-state index in [1.54, 1.807) is 0 Å². The minimum absolute atomic E-state index is 0.0792. The van der Waals surface area contributed by atoms with Gasteiger partial charge in [0.2, 0.25) is 0 Å². The zero-order valence-corrected chi connectivity index (χ0v) is 20.9. The molecule has 0 aliphatic carbocycles. The van der Waals surface area contributed by atoms with Crippen LogP contribution < -0.4 is 10.6 Å². The van der Waals surface area contributed by atoms with E-state index in [0.717, 1.165) is 30.6 Å². The summed E-state index contributed by atoms with van der Waals surface area (Å²) in [6.45, 7) is 18.9. The lowest BCUT2D eigenvalue weighted by atomic mass is 9.88. The van der Waals surface area contributed by atoms with Crippen LogP contribution in [0.2, 0.25) is 0 Å². The fourth-order valence-corrected chi connectivity index (χ4v) is 3.90. The van der Waals surface area contributed by atoms with E-state index in [-0.39, 0.29) is 11.5 Å². The number of carbonyl (C=O) groups excluding carboxylic acids is 1. The largest absolute Gasteiger partial charge is 0.456 e. The molecule has 0 aromatic heterocycles. The van der Waals surface area contributed by atoms with E-state index in [1.165, 1.54) is 16.7 Å². The number of anilines is 2. The number of nitrogens with one attached hydrogen (secondary N) is 2. The molecule has 174 valence electrons. The molecule has 4 heteroatoms. The normalized spacial score (nSPS) is 11.7. The van der Waals surface area contributed by atoms with E-state index in [9.17, 15) is 4.79 Å². The Labute approximate surface area is 194 Å². The quantitative estimate of drug-likeness (QED) is 0.300. The van der Waals surface area contributed by atoms with Crippen LogP contribution in [-0.2, 0) is 11.3 Å². The van der Waals surface area contributed by atoms with Crippen LogP contribution in [0.15, 0.2) is 49.1 Å². The third-order valence-corrected chi connectivity index (χ3v) is 6.04. The number of hydrogen-bond donors (Lipinski definition) is 2. The molecule has 2 aromatic carbocycles. The second-order valence-corrected chi connectivity index (χ2v) is 9.59. The molecule has 0 aliphatic heterocycles. The second-order valence-electron chi connectivity index (χ2n) is 9.59. The van der Waals surface area contributed by atoms with Crippen molar-refractivity contribution in [1.29, 1.82) is 0 Å². The topological polar surface area (TPSA) is 50.4 Å². The van der Waals surface area contributed by atoms with Crippen molar-refractivity contribution < 1.29 is 9.53 Å². The van der Waals surface area contributed by atoms with E-state index in [4.69, 9.17) is 4.74 Å². The molecular formula is C28H40N2O2. The molecule has 2 N–H and O–H groups in total. The van der Waals surface area contributed by atoms with Crippen molar-refractivity contribution in [2.75, 3.05) is 10.6 Å². The first-order valence-corrected chi connectivity index (χ1v) is 11.6. The number of carbonyl (C=O) groups is 1. The standard InChI is InChI=1S/C28H40N2O2/c1-9-17-28(10-2,11-3)30-24-16-15-22(26(31)32-27(6,7)8)18-25(24)29-19-23-20(4)13-12-14-21(23)5/h9,12-16,18,29-30H,1,10-11,17,19H2,2-8H3. The van der Waals surface area contributed by atoms with Gasteiger partial charge in [-0.15, -0.1) is 6.58 Å². The number of benzene rings is 2. The smallest absolute Gasteiger partial charge is 0.338 e. The van der Waals surface area contributed by atoms with Crippen LogP contribution in [0.4, 0.5) is 11.4 Å². The molecule has 0 unspecified atom stereocenters. The molecule has 0 amide bonds. The van der Waals surface area contributed by atoms with Crippen molar-refractivity contribution in [1.82, 2.24) is 0 Å². The number of esters is 1. The third kappa shape index (κ3) is 6.62. The van der Waals surface area contributed by atoms with Gasteiger partial charge in [-0.25, -0.2) is 4.79 Å². The Hall–Kier alpha value is -2.75. The van der Waals surface area contributed by atoms with Gasteiger partial charge in [-0.3, -0.25) is 0 Å². The van der Waals surface area contributed by atoms with Crippen molar-refractivity contribution in [3.63, 3.8) is 0 Å². The Kier molecular flexibility index (Phi) is 8.54. The van der Waals surface area contributed by atoms with Crippen molar-refractivity contribution in [2.24, 2.45) is 0 Å². The predicted molar refractivity (Wildman–Crippen MR) is 137 cm³/mol. The van der Waals surface area contributed by atoms with Crippen LogP contribution in [-0.4, -0.2) is 17.1 Å². The van der Waals surface area contributed by atoms with Gasteiger partial charge in [-0.1, -0.05) is 38.1 Å². The van der Waals surface area contributed by atoms with Crippen LogP contribution >= 0.6 is 0 Å². The molecule has 0 heterocycles. The minimum Gasteiger partial charge on any atom is -0.456 e. The van der Waals surface area contributed by atoms with Crippen LogP contribution in [0.1, 0.15) is 80.9 Å². The van der Waals surface area contributed by atoms with Gasteiger partial charge in [-0.2, -0.15) is 0 Å². The lowest BCUT2D eigenvalue weighted by molar-refractivity contribution is 0.00696. The number of rotatable bonds is 10. The molecule has 32 heavy (non-hydrogen) atoms. The van der Waals surface area contributed by atoms with Crippen LogP contribution in [0.25, 0.3) is 0 Å². The maximum absolute atomic E-state index is 12.7. The fourth-order valence-electron chi connectivity index (χ4n) is 3.90. The summed E-state index contributed by atoms with van der Waals surface area (Å²) < 4.78 is 5.60. The summed E-state index contributed by atoms with van der Waals surface area (Å²) in [5.74, 6) is -0.317. The summed E-state index contributed by atoms with van der Waals surface area (Å²) in [4.78, 5) is 12.7. The Morgan fingerprint density at radius 3 is 2.19 bits per heavy atom. The molecular weight excluding hydrogens is 396 g/mol. The highest BCUT2D eigenvalue weighted by Gasteiger charge is 2.26. The Morgan fingerprint density at radius 1 is 1.03 bits per heavy atom. The number of aryl methyl sites for hydroxylation is 2. The molecule has 4 nitrogen and oxygen atoms in total. The average Bonchev–Trinajstić information content (AvgIpc) is 2.72. The zero-order valence-electron chi connectivity index (χ0n) is 20.9. The van der Waals surface area contributed by atoms with Gasteiger partial charge in [0, 0.05) is 12.1 Å². The van der Waals surface area contributed by atoms with Crippen LogP contribution in [0, 0.1) is 13.8 Å². The molecule has 0 saturated heterocycles. The summed E-state index contributed by atoms with van der Waals surface area (Å²) >= 11 is 0. The van der Waals surface area contributed by atoms with Gasteiger partial charge in [0.15, 0.2) is 0 Å². The highest BCUT2D eigenvalue weighted by atomic mass is 16.6. The van der Waals surface area contributed by atoms with Gasteiger partial charge < -0.3 is 15.4 Å². The van der Waals surface area contributed by atoms with Crippen molar-refractivity contribution in [2.45, 2.75) is 85.4 Å². The highest BCUT2D eigenvalue weighted by molar-refractivity contribution is 5.92.